The van der Waals surface area contributed by atoms with Crippen LogP contribution in [0.15, 0.2) is 65.7 Å². The molecule has 1 aliphatic heterocycles. The molecule has 0 aliphatic carbocycles. The van der Waals surface area contributed by atoms with Gasteiger partial charge in [0.05, 0.1) is 12.3 Å². The van der Waals surface area contributed by atoms with E-state index < -0.39 is 0 Å². The third-order valence-corrected chi connectivity index (χ3v) is 6.06. The molecule has 5 rings (SSSR count). The predicted octanol–water partition coefficient (Wildman–Crippen LogP) is 2.44. The van der Waals surface area contributed by atoms with Gasteiger partial charge in [-0.3, -0.25) is 9.59 Å². The molecule has 2 aromatic heterocycles. The molecule has 1 amide bonds. The van der Waals surface area contributed by atoms with Gasteiger partial charge in [-0.25, -0.2) is 13.6 Å². The molecule has 2 aromatic carbocycles. The van der Waals surface area contributed by atoms with Crippen LogP contribution in [0.4, 0.5) is 10.1 Å². The molecule has 180 valence electrons. The van der Waals surface area contributed by atoms with Crippen LogP contribution in [0.25, 0.3) is 16.8 Å². The van der Waals surface area contributed by atoms with E-state index in [2.05, 4.69) is 15.1 Å². The molecule has 0 atom stereocenters. The number of carbonyl (C=O) groups excluding carboxylic acids is 1. The molecule has 0 N–H and O–H groups in total. The average molecular weight is 477 g/mol. The van der Waals surface area contributed by atoms with Gasteiger partial charge in [0.1, 0.15) is 30.0 Å². The molecule has 4 aromatic rings. The number of hydrogen-bond donors (Lipinski definition) is 0. The van der Waals surface area contributed by atoms with Gasteiger partial charge in [0.15, 0.2) is 0 Å². The third kappa shape index (κ3) is 4.72. The van der Waals surface area contributed by atoms with Gasteiger partial charge in [0, 0.05) is 37.4 Å². The summed E-state index contributed by atoms with van der Waals surface area (Å²) in [5.41, 5.74) is 2.37. The van der Waals surface area contributed by atoms with Crippen molar-refractivity contribution in [3.8, 4) is 17.0 Å². The van der Waals surface area contributed by atoms with E-state index >= 15 is 0 Å². The lowest BCUT2D eigenvalue weighted by Gasteiger charge is -2.36. The number of anilines is 1. The molecule has 0 saturated carbocycles. The lowest BCUT2D eigenvalue weighted by Crippen LogP contribution is -2.50. The molecule has 1 saturated heterocycles. The van der Waals surface area contributed by atoms with Crippen LogP contribution in [-0.2, 0) is 11.3 Å². The molecular formula is C25H25FN6O3. The fourth-order valence-corrected chi connectivity index (χ4v) is 4.17. The first-order valence-electron chi connectivity index (χ1n) is 11.5. The first-order valence-corrected chi connectivity index (χ1v) is 11.5. The molecule has 9 nitrogen and oxygen atoms in total. The Kier molecular flexibility index (Phi) is 6.17. The first-order chi connectivity index (χ1) is 17.0. The van der Waals surface area contributed by atoms with E-state index in [-0.39, 0.29) is 23.8 Å². The second-order valence-electron chi connectivity index (χ2n) is 8.25. The number of aromatic nitrogens is 4. The number of ether oxygens (including phenoxy) is 1. The molecule has 0 spiro atoms. The minimum atomic E-state index is -0.379. The van der Waals surface area contributed by atoms with Crippen LogP contribution in [0, 0.1) is 5.82 Å². The van der Waals surface area contributed by atoms with E-state index in [1.807, 2.05) is 31.2 Å². The maximum Gasteiger partial charge on any atom is 0.293 e. The van der Waals surface area contributed by atoms with Crippen molar-refractivity contribution in [1.29, 1.82) is 0 Å². The molecule has 0 radical (unpaired) electrons. The number of fused-ring (bicyclic) bond motifs is 1. The summed E-state index contributed by atoms with van der Waals surface area (Å²) >= 11 is 0. The monoisotopic (exact) mass is 476 g/mol. The van der Waals surface area contributed by atoms with Crippen LogP contribution < -0.4 is 15.2 Å². The number of halogens is 1. The van der Waals surface area contributed by atoms with Crippen LogP contribution in [0.1, 0.15) is 6.92 Å². The average Bonchev–Trinajstić information content (AvgIpc) is 3.32. The SMILES string of the molecule is CCOc1ccc(-c2cc3c(=O)n(CC(=O)N4CCN(c5ccc(F)cc5)CC4)ncn3n2)cc1. The van der Waals surface area contributed by atoms with Crippen molar-refractivity contribution < 1.29 is 13.9 Å². The summed E-state index contributed by atoms with van der Waals surface area (Å²) in [6.45, 7) is 4.66. The fraction of sp³-hybridized carbons (Fsp3) is 0.280. The van der Waals surface area contributed by atoms with Gasteiger partial charge in [-0.15, -0.1) is 0 Å². The van der Waals surface area contributed by atoms with E-state index in [1.54, 1.807) is 23.1 Å². The Balaban J connectivity index is 1.27. The van der Waals surface area contributed by atoms with Crippen molar-refractivity contribution in [1.82, 2.24) is 24.3 Å². The zero-order valence-corrected chi connectivity index (χ0v) is 19.3. The Morgan fingerprint density at radius 2 is 1.74 bits per heavy atom. The standard InChI is InChI=1S/C25H25FN6O3/c1-2-35-21-9-3-18(4-10-21)22-15-23-25(34)31(27-17-32(23)28-22)16-24(33)30-13-11-29(12-14-30)20-7-5-19(26)6-8-20/h3-10,15,17H,2,11-14,16H2,1H3. The number of rotatable bonds is 6. The maximum absolute atomic E-state index is 13.2. The largest absolute Gasteiger partial charge is 0.494 e. The van der Waals surface area contributed by atoms with Crippen molar-refractivity contribution in [3.05, 3.63) is 77.1 Å². The number of nitrogens with zero attached hydrogens (tertiary/aromatic N) is 6. The van der Waals surface area contributed by atoms with Crippen molar-refractivity contribution in [2.75, 3.05) is 37.7 Å². The number of amides is 1. The number of hydrogen-bond acceptors (Lipinski definition) is 6. The van der Waals surface area contributed by atoms with Crippen LogP contribution in [0.3, 0.4) is 0 Å². The molecule has 10 heteroatoms. The molecule has 1 aliphatic rings. The highest BCUT2D eigenvalue weighted by molar-refractivity contribution is 5.76. The lowest BCUT2D eigenvalue weighted by molar-refractivity contribution is -0.132. The highest BCUT2D eigenvalue weighted by Gasteiger charge is 2.22. The zero-order chi connectivity index (χ0) is 24.4. The van der Waals surface area contributed by atoms with Gasteiger partial charge in [-0.1, -0.05) is 0 Å². The van der Waals surface area contributed by atoms with E-state index in [4.69, 9.17) is 4.74 Å². The van der Waals surface area contributed by atoms with E-state index in [0.29, 0.717) is 44.0 Å². The summed E-state index contributed by atoms with van der Waals surface area (Å²) in [5.74, 6) is 0.317. The quantitative estimate of drug-likeness (QED) is 0.425. The van der Waals surface area contributed by atoms with Crippen LogP contribution in [0.2, 0.25) is 0 Å². The summed E-state index contributed by atoms with van der Waals surface area (Å²) in [5, 5.41) is 8.60. The highest BCUT2D eigenvalue weighted by Crippen LogP contribution is 2.22. The molecular weight excluding hydrogens is 451 g/mol. The summed E-state index contributed by atoms with van der Waals surface area (Å²) in [4.78, 5) is 29.7. The van der Waals surface area contributed by atoms with Crippen LogP contribution >= 0.6 is 0 Å². The van der Waals surface area contributed by atoms with Gasteiger partial charge >= 0.3 is 0 Å². The number of piperazine rings is 1. The van der Waals surface area contributed by atoms with Gasteiger partial charge in [0.25, 0.3) is 5.56 Å². The van der Waals surface area contributed by atoms with Crippen LogP contribution in [0.5, 0.6) is 5.75 Å². The van der Waals surface area contributed by atoms with Crippen LogP contribution in [-0.4, -0.2) is 63.0 Å². The summed E-state index contributed by atoms with van der Waals surface area (Å²) in [7, 11) is 0. The van der Waals surface area contributed by atoms with Crippen molar-refractivity contribution in [2.45, 2.75) is 13.5 Å². The fourth-order valence-electron chi connectivity index (χ4n) is 4.17. The minimum Gasteiger partial charge on any atom is -0.494 e. The Bertz CT molecular complexity index is 1390. The second kappa shape index (κ2) is 9.57. The minimum absolute atomic E-state index is 0.143. The van der Waals surface area contributed by atoms with E-state index in [1.165, 1.54) is 27.7 Å². The Hall–Kier alpha value is -4.21. The molecule has 35 heavy (non-hydrogen) atoms. The summed E-state index contributed by atoms with van der Waals surface area (Å²) in [6, 6.07) is 15.5. The topological polar surface area (TPSA) is 85.0 Å². The lowest BCUT2D eigenvalue weighted by atomic mass is 10.1. The Labute approximate surface area is 201 Å². The molecule has 0 bridgehead atoms. The smallest absolute Gasteiger partial charge is 0.293 e. The molecule has 1 fully saturated rings. The summed E-state index contributed by atoms with van der Waals surface area (Å²) in [6.07, 6.45) is 1.44. The Morgan fingerprint density at radius 3 is 2.43 bits per heavy atom. The number of carbonyl (C=O) groups is 1. The van der Waals surface area contributed by atoms with E-state index in [9.17, 15) is 14.0 Å². The third-order valence-electron chi connectivity index (χ3n) is 6.06. The van der Waals surface area contributed by atoms with Gasteiger partial charge in [0.2, 0.25) is 5.91 Å². The van der Waals surface area contributed by atoms with E-state index in [0.717, 1.165) is 17.0 Å². The highest BCUT2D eigenvalue weighted by atomic mass is 19.1. The van der Waals surface area contributed by atoms with Crippen molar-refractivity contribution in [3.63, 3.8) is 0 Å². The normalized spacial score (nSPS) is 13.9. The van der Waals surface area contributed by atoms with Gasteiger partial charge in [-0.05, 0) is 61.5 Å². The van der Waals surface area contributed by atoms with Gasteiger partial charge in [-0.2, -0.15) is 10.2 Å². The second-order valence-corrected chi connectivity index (χ2v) is 8.25. The maximum atomic E-state index is 13.2. The predicted molar refractivity (Wildman–Crippen MR) is 129 cm³/mol. The first kappa shape index (κ1) is 22.6. The van der Waals surface area contributed by atoms with Crippen molar-refractivity contribution in [2.24, 2.45) is 0 Å². The van der Waals surface area contributed by atoms with Crippen molar-refractivity contribution >= 4 is 17.1 Å². The number of benzene rings is 2. The molecule has 0 unspecified atom stereocenters. The zero-order valence-electron chi connectivity index (χ0n) is 19.3. The Morgan fingerprint density at radius 1 is 1.03 bits per heavy atom. The van der Waals surface area contributed by atoms with Gasteiger partial charge < -0.3 is 14.5 Å². The molecule has 3 heterocycles. The summed E-state index contributed by atoms with van der Waals surface area (Å²) < 4.78 is 21.2.